The van der Waals surface area contributed by atoms with E-state index in [4.69, 9.17) is 9.47 Å². The highest BCUT2D eigenvalue weighted by atomic mass is 16.7. The standard InChI is InChI=1S/C19H20N2O3/c1-3-5-15-14(11-21-16(15)4-2)8-9-20-19(22)13-6-7-17-18(10-13)24-12-23-17/h3-7,10-11,21H,2,8-9,12H2,1H3,(H,20,22)/b5-3-. The minimum atomic E-state index is -0.125. The second-order valence-electron chi connectivity index (χ2n) is 5.42. The number of amides is 1. The number of carbonyl (C=O) groups excluding carboxylic acids is 1. The van der Waals surface area contributed by atoms with Crippen molar-refractivity contribution >= 4 is 18.1 Å². The summed E-state index contributed by atoms with van der Waals surface area (Å²) < 4.78 is 10.5. The predicted molar refractivity (Wildman–Crippen MR) is 94.2 cm³/mol. The number of aromatic amines is 1. The Morgan fingerprint density at radius 1 is 1.38 bits per heavy atom. The molecule has 2 N–H and O–H groups in total. The smallest absolute Gasteiger partial charge is 0.251 e. The molecule has 1 aliphatic heterocycles. The third-order valence-corrected chi connectivity index (χ3v) is 3.89. The fraction of sp³-hybridized carbons (Fsp3) is 0.211. The van der Waals surface area contributed by atoms with Crippen molar-refractivity contribution in [2.75, 3.05) is 13.3 Å². The number of hydrogen-bond acceptors (Lipinski definition) is 3. The molecule has 5 heteroatoms. The van der Waals surface area contributed by atoms with Crippen molar-refractivity contribution in [1.29, 1.82) is 0 Å². The predicted octanol–water partition coefficient (Wildman–Crippen LogP) is 3.39. The molecular formula is C19H20N2O3. The molecular weight excluding hydrogens is 304 g/mol. The molecule has 0 saturated heterocycles. The number of rotatable bonds is 6. The van der Waals surface area contributed by atoms with E-state index in [0.29, 0.717) is 23.6 Å². The molecule has 124 valence electrons. The van der Waals surface area contributed by atoms with Gasteiger partial charge < -0.3 is 19.8 Å². The van der Waals surface area contributed by atoms with Crippen LogP contribution in [0.1, 0.15) is 34.1 Å². The molecule has 0 aliphatic carbocycles. The molecule has 0 atom stereocenters. The molecule has 1 aliphatic rings. The lowest BCUT2D eigenvalue weighted by atomic mass is 10.1. The van der Waals surface area contributed by atoms with E-state index in [2.05, 4.69) is 16.9 Å². The summed E-state index contributed by atoms with van der Waals surface area (Å²) in [7, 11) is 0. The summed E-state index contributed by atoms with van der Waals surface area (Å²) in [5, 5.41) is 2.94. The minimum absolute atomic E-state index is 0.125. The van der Waals surface area contributed by atoms with Crippen molar-refractivity contribution in [3.05, 3.63) is 59.4 Å². The maximum Gasteiger partial charge on any atom is 0.251 e. The Balaban J connectivity index is 1.61. The molecule has 0 fully saturated rings. The molecule has 2 heterocycles. The zero-order valence-electron chi connectivity index (χ0n) is 13.6. The van der Waals surface area contributed by atoms with Crippen molar-refractivity contribution in [2.45, 2.75) is 13.3 Å². The number of benzene rings is 1. The van der Waals surface area contributed by atoms with Crippen molar-refractivity contribution in [3.8, 4) is 11.5 Å². The van der Waals surface area contributed by atoms with Crippen LogP contribution in [0.3, 0.4) is 0 Å². The van der Waals surface area contributed by atoms with Gasteiger partial charge in [0.25, 0.3) is 5.91 Å². The lowest BCUT2D eigenvalue weighted by Crippen LogP contribution is -2.25. The average molecular weight is 324 g/mol. The van der Waals surface area contributed by atoms with Gasteiger partial charge in [-0.25, -0.2) is 0 Å². The van der Waals surface area contributed by atoms with Crippen LogP contribution in [0.25, 0.3) is 12.2 Å². The average Bonchev–Trinajstić information content (AvgIpc) is 3.21. The zero-order valence-corrected chi connectivity index (χ0v) is 13.6. The summed E-state index contributed by atoms with van der Waals surface area (Å²) in [6.45, 7) is 6.53. The molecule has 0 radical (unpaired) electrons. The maximum atomic E-state index is 12.3. The van der Waals surface area contributed by atoms with Crippen LogP contribution < -0.4 is 14.8 Å². The third-order valence-electron chi connectivity index (χ3n) is 3.89. The van der Waals surface area contributed by atoms with Crippen LogP contribution in [-0.4, -0.2) is 24.2 Å². The SMILES string of the molecule is C=Cc1[nH]cc(CCNC(=O)c2ccc3c(c2)OCO3)c1/C=C\C. The summed E-state index contributed by atoms with van der Waals surface area (Å²) in [5.74, 6) is 1.16. The number of aromatic nitrogens is 1. The van der Waals surface area contributed by atoms with Crippen molar-refractivity contribution in [1.82, 2.24) is 10.3 Å². The lowest BCUT2D eigenvalue weighted by Gasteiger charge is -2.06. The van der Waals surface area contributed by atoms with Crippen LogP contribution in [0.5, 0.6) is 11.5 Å². The lowest BCUT2D eigenvalue weighted by molar-refractivity contribution is 0.0953. The van der Waals surface area contributed by atoms with E-state index >= 15 is 0 Å². The molecule has 3 rings (SSSR count). The van der Waals surface area contributed by atoms with E-state index < -0.39 is 0 Å². The topological polar surface area (TPSA) is 63.4 Å². The van der Waals surface area contributed by atoms with Crippen molar-refractivity contribution in [2.24, 2.45) is 0 Å². The molecule has 1 amide bonds. The molecule has 0 bridgehead atoms. The van der Waals surface area contributed by atoms with Gasteiger partial charge in [0, 0.05) is 29.6 Å². The molecule has 24 heavy (non-hydrogen) atoms. The second kappa shape index (κ2) is 7.08. The Bertz CT molecular complexity index is 790. The summed E-state index contributed by atoms with van der Waals surface area (Å²) in [4.78, 5) is 15.5. The second-order valence-corrected chi connectivity index (χ2v) is 5.42. The first kappa shape index (κ1) is 15.9. The number of allylic oxidation sites excluding steroid dienone is 1. The quantitative estimate of drug-likeness (QED) is 0.856. The first-order valence-corrected chi connectivity index (χ1v) is 7.86. The first-order chi connectivity index (χ1) is 11.7. The summed E-state index contributed by atoms with van der Waals surface area (Å²) in [6.07, 6.45) is 8.52. The highest BCUT2D eigenvalue weighted by Gasteiger charge is 2.16. The monoisotopic (exact) mass is 324 g/mol. The van der Waals surface area contributed by atoms with Gasteiger partial charge in [-0.2, -0.15) is 0 Å². The van der Waals surface area contributed by atoms with Gasteiger partial charge in [0.1, 0.15) is 0 Å². The summed E-state index contributed by atoms with van der Waals surface area (Å²) in [5.41, 5.74) is 3.82. The Kier molecular flexibility index (Phi) is 4.70. The molecule has 1 aromatic carbocycles. The van der Waals surface area contributed by atoms with Gasteiger partial charge in [-0.05, 0) is 43.2 Å². The number of fused-ring (bicyclic) bond motifs is 1. The van der Waals surface area contributed by atoms with E-state index in [1.54, 1.807) is 24.3 Å². The minimum Gasteiger partial charge on any atom is -0.454 e. The van der Waals surface area contributed by atoms with Crippen LogP contribution in [-0.2, 0) is 6.42 Å². The zero-order chi connectivity index (χ0) is 16.9. The van der Waals surface area contributed by atoms with E-state index in [0.717, 1.165) is 23.2 Å². The van der Waals surface area contributed by atoms with E-state index in [1.807, 2.05) is 25.3 Å². The fourth-order valence-corrected chi connectivity index (χ4v) is 2.68. The molecule has 5 nitrogen and oxygen atoms in total. The van der Waals surface area contributed by atoms with Gasteiger partial charge >= 0.3 is 0 Å². The van der Waals surface area contributed by atoms with Crippen LogP contribution in [0.2, 0.25) is 0 Å². The molecule has 0 unspecified atom stereocenters. The van der Waals surface area contributed by atoms with Crippen molar-refractivity contribution in [3.63, 3.8) is 0 Å². The summed E-state index contributed by atoms with van der Waals surface area (Å²) >= 11 is 0. The third kappa shape index (κ3) is 3.20. The van der Waals surface area contributed by atoms with E-state index in [-0.39, 0.29) is 12.7 Å². The highest BCUT2D eigenvalue weighted by molar-refractivity contribution is 5.94. The highest BCUT2D eigenvalue weighted by Crippen LogP contribution is 2.32. The Labute approximate surface area is 141 Å². The summed E-state index contributed by atoms with van der Waals surface area (Å²) in [6, 6.07) is 5.19. The van der Waals surface area contributed by atoms with Gasteiger partial charge in [0.05, 0.1) is 0 Å². The molecule has 1 aromatic heterocycles. The van der Waals surface area contributed by atoms with Gasteiger partial charge in [-0.3, -0.25) is 4.79 Å². The Morgan fingerprint density at radius 3 is 3.00 bits per heavy atom. The largest absolute Gasteiger partial charge is 0.454 e. The fourth-order valence-electron chi connectivity index (χ4n) is 2.68. The number of nitrogens with one attached hydrogen (secondary N) is 2. The number of ether oxygens (including phenoxy) is 2. The maximum absolute atomic E-state index is 12.3. The van der Waals surface area contributed by atoms with Gasteiger partial charge in [-0.1, -0.05) is 18.7 Å². The van der Waals surface area contributed by atoms with Gasteiger partial charge in [0.15, 0.2) is 11.5 Å². The first-order valence-electron chi connectivity index (χ1n) is 7.86. The van der Waals surface area contributed by atoms with Crippen LogP contribution in [0.15, 0.2) is 37.1 Å². The van der Waals surface area contributed by atoms with Gasteiger partial charge in [-0.15, -0.1) is 0 Å². The number of carbonyl (C=O) groups is 1. The van der Waals surface area contributed by atoms with Crippen LogP contribution in [0.4, 0.5) is 0 Å². The Hall–Kier alpha value is -2.95. The van der Waals surface area contributed by atoms with Crippen molar-refractivity contribution < 1.29 is 14.3 Å². The Morgan fingerprint density at radius 2 is 2.21 bits per heavy atom. The van der Waals surface area contributed by atoms with Crippen LogP contribution in [0, 0.1) is 0 Å². The molecule has 0 spiro atoms. The van der Waals surface area contributed by atoms with Crippen LogP contribution >= 0.6 is 0 Å². The number of hydrogen-bond donors (Lipinski definition) is 2. The van der Waals surface area contributed by atoms with E-state index in [9.17, 15) is 4.79 Å². The van der Waals surface area contributed by atoms with E-state index in [1.165, 1.54) is 0 Å². The molecule has 0 saturated carbocycles. The normalized spacial score (nSPS) is 12.5. The number of H-pyrrole nitrogens is 1. The van der Waals surface area contributed by atoms with Gasteiger partial charge in [0.2, 0.25) is 6.79 Å². The molecule has 2 aromatic rings.